The van der Waals surface area contributed by atoms with Gasteiger partial charge in [0, 0.05) is 11.5 Å². The van der Waals surface area contributed by atoms with E-state index in [1.54, 1.807) is 18.2 Å². The highest BCUT2D eigenvalue weighted by Crippen LogP contribution is 2.34. The number of hydrogen-bond acceptors (Lipinski definition) is 0. The van der Waals surface area contributed by atoms with Crippen molar-refractivity contribution in [3.05, 3.63) is 83.9 Å². The monoisotopic (exact) mass is 438 g/mol. The van der Waals surface area contributed by atoms with E-state index in [0.717, 1.165) is 44.5 Å². The highest BCUT2D eigenvalue weighted by molar-refractivity contribution is 6.08. The molecule has 6 heteroatoms. The van der Waals surface area contributed by atoms with Gasteiger partial charge in [-0.25, -0.2) is 0 Å². The van der Waals surface area contributed by atoms with Crippen LogP contribution in [0.5, 0.6) is 0 Å². The Morgan fingerprint density at radius 3 is 1.41 bits per heavy atom. The fourth-order valence-electron chi connectivity index (χ4n) is 3.90. The fourth-order valence-corrected chi connectivity index (χ4v) is 3.90. The summed E-state index contributed by atoms with van der Waals surface area (Å²) in [5.41, 5.74) is -0.429. The molecule has 158 valence electrons. The molecule has 0 radical (unpaired) electrons. The molecule has 5 aromatic carbocycles. The van der Waals surface area contributed by atoms with Gasteiger partial charge in [-0.3, -0.25) is 0 Å². The average Bonchev–Trinajstić information content (AvgIpc) is 2.71. The molecule has 5 aromatic rings. The first kappa shape index (κ1) is 20.2. The molecule has 0 aliphatic carbocycles. The molecule has 0 saturated heterocycles. The highest BCUT2D eigenvalue weighted by atomic mass is 19.4. The van der Waals surface area contributed by atoms with E-state index in [9.17, 15) is 26.3 Å². The summed E-state index contributed by atoms with van der Waals surface area (Å²) in [6.45, 7) is 0. The van der Waals surface area contributed by atoms with E-state index in [2.05, 4.69) is 5.92 Å². The zero-order valence-corrected chi connectivity index (χ0v) is 16.2. The van der Waals surface area contributed by atoms with Gasteiger partial charge in [-0.2, -0.15) is 26.3 Å². The van der Waals surface area contributed by atoms with Crippen LogP contribution in [-0.4, -0.2) is 6.18 Å². The first-order valence-corrected chi connectivity index (χ1v) is 9.57. The van der Waals surface area contributed by atoms with E-state index in [1.165, 1.54) is 18.1 Å². The standard InChI is InChI=1S/C26H12F6/c27-25(28,29)6-5-15-1-2-16-8-19-12-22-13-23-14-24(26(30,31)32)4-3-17(23)9-20(22)11-21(19)10-18(16)7-15/h1-4,7-14H. The molecule has 0 fully saturated rings. The smallest absolute Gasteiger partial charge is 0.166 e. The Kier molecular flexibility index (Phi) is 4.35. The predicted octanol–water partition coefficient (Wildman–Crippen LogP) is 8.23. The van der Waals surface area contributed by atoms with E-state index in [4.69, 9.17) is 0 Å². The maximum absolute atomic E-state index is 13.1. The Hall–Kier alpha value is -3.72. The fraction of sp³-hybridized carbons (Fsp3) is 0.0769. The number of benzene rings is 5. The zero-order valence-electron chi connectivity index (χ0n) is 16.2. The van der Waals surface area contributed by atoms with Gasteiger partial charge in [0.15, 0.2) is 0 Å². The van der Waals surface area contributed by atoms with Crippen LogP contribution < -0.4 is 0 Å². The normalized spacial score (nSPS) is 12.4. The lowest BCUT2D eigenvalue weighted by Crippen LogP contribution is -2.04. The van der Waals surface area contributed by atoms with E-state index in [1.807, 2.05) is 30.3 Å². The summed E-state index contributed by atoms with van der Waals surface area (Å²) in [6, 6.07) is 19.7. The van der Waals surface area contributed by atoms with Crippen molar-refractivity contribution in [2.45, 2.75) is 12.4 Å². The summed E-state index contributed by atoms with van der Waals surface area (Å²) in [5.74, 6) is 3.41. The van der Waals surface area contributed by atoms with Crippen LogP contribution in [0.2, 0.25) is 0 Å². The van der Waals surface area contributed by atoms with Crippen LogP contribution in [-0.2, 0) is 6.18 Å². The van der Waals surface area contributed by atoms with Gasteiger partial charge >= 0.3 is 12.4 Å². The molecule has 0 atom stereocenters. The second kappa shape index (κ2) is 6.89. The van der Waals surface area contributed by atoms with Crippen LogP contribution >= 0.6 is 0 Å². The Morgan fingerprint density at radius 1 is 0.469 bits per heavy atom. The van der Waals surface area contributed by atoms with Crippen molar-refractivity contribution in [2.24, 2.45) is 0 Å². The minimum atomic E-state index is -4.55. The number of fused-ring (bicyclic) bond motifs is 4. The van der Waals surface area contributed by atoms with Gasteiger partial charge in [0.05, 0.1) is 5.56 Å². The first-order chi connectivity index (χ1) is 15.0. The average molecular weight is 438 g/mol. The van der Waals surface area contributed by atoms with E-state index >= 15 is 0 Å². The van der Waals surface area contributed by atoms with E-state index in [0.29, 0.717) is 10.8 Å². The van der Waals surface area contributed by atoms with E-state index in [-0.39, 0.29) is 5.56 Å². The molecule has 5 rings (SSSR count). The maximum Gasteiger partial charge on any atom is 0.458 e. The lowest BCUT2D eigenvalue weighted by atomic mass is 9.96. The van der Waals surface area contributed by atoms with Crippen molar-refractivity contribution in [1.29, 1.82) is 0 Å². The third-order valence-corrected chi connectivity index (χ3v) is 5.38. The summed E-state index contributed by atoms with van der Waals surface area (Å²) in [5, 5.41) is 6.18. The highest BCUT2D eigenvalue weighted by Gasteiger charge is 2.30. The zero-order chi connectivity index (χ0) is 22.7. The van der Waals surface area contributed by atoms with Crippen LogP contribution in [0.3, 0.4) is 0 Å². The Morgan fingerprint density at radius 2 is 0.906 bits per heavy atom. The van der Waals surface area contributed by atoms with Crippen LogP contribution in [0.25, 0.3) is 43.1 Å². The van der Waals surface area contributed by atoms with Crippen LogP contribution in [0.4, 0.5) is 26.3 Å². The van der Waals surface area contributed by atoms with Gasteiger partial charge in [0.25, 0.3) is 0 Å². The molecule has 0 N–H and O–H groups in total. The van der Waals surface area contributed by atoms with Gasteiger partial charge in [-0.05, 0) is 104 Å². The lowest BCUT2D eigenvalue weighted by molar-refractivity contribution is -0.137. The second-order valence-corrected chi connectivity index (χ2v) is 7.62. The van der Waals surface area contributed by atoms with Crippen molar-refractivity contribution in [1.82, 2.24) is 0 Å². The summed E-state index contributed by atoms with van der Waals surface area (Å²) in [4.78, 5) is 0. The van der Waals surface area contributed by atoms with Gasteiger partial charge in [-0.15, -0.1) is 0 Å². The van der Waals surface area contributed by atoms with Crippen molar-refractivity contribution in [2.75, 3.05) is 0 Å². The van der Waals surface area contributed by atoms with Crippen LogP contribution in [0.15, 0.2) is 72.8 Å². The molecule has 32 heavy (non-hydrogen) atoms. The van der Waals surface area contributed by atoms with Crippen molar-refractivity contribution < 1.29 is 26.3 Å². The number of hydrogen-bond donors (Lipinski definition) is 0. The summed E-state index contributed by atoms with van der Waals surface area (Å²) < 4.78 is 76.3. The summed E-state index contributed by atoms with van der Waals surface area (Å²) in [7, 11) is 0. The van der Waals surface area contributed by atoms with Gasteiger partial charge in [-0.1, -0.05) is 18.1 Å². The van der Waals surface area contributed by atoms with Crippen molar-refractivity contribution >= 4 is 43.1 Å². The minimum Gasteiger partial charge on any atom is -0.166 e. The molecule has 0 aliphatic rings. The topological polar surface area (TPSA) is 0 Å². The quantitative estimate of drug-likeness (QED) is 0.130. The lowest BCUT2D eigenvalue weighted by Gasteiger charge is -2.10. The molecule has 0 unspecified atom stereocenters. The summed E-state index contributed by atoms with van der Waals surface area (Å²) >= 11 is 0. The maximum atomic E-state index is 13.1. The van der Waals surface area contributed by atoms with Gasteiger partial charge in [0.1, 0.15) is 0 Å². The third-order valence-electron chi connectivity index (χ3n) is 5.38. The minimum absolute atomic E-state index is 0.265. The number of halogens is 6. The molecule has 0 aromatic heterocycles. The molecular formula is C26H12F6. The second-order valence-electron chi connectivity index (χ2n) is 7.62. The number of rotatable bonds is 0. The molecular weight excluding hydrogens is 426 g/mol. The molecule has 0 heterocycles. The summed E-state index contributed by atoms with van der Waals surface area (Å²) in [6.07, 6.45) is -8.96. The van der Waals surface area contributed by atoms with Gasteiger partial charge in [0.2, 0.25) is 0 Å². The van der Waals surface area contributed by atoms with E-state index < -0.39 is 17.9 Å². The SMILES string of the molecule is FC(F)(F)C#Cc1ccc2cc3cc4cc5cc(C(F)(F)F)ccc5cc4cc3cc2c1. The molecule has 0 bridgehead atoms. The Balaban J connectivity index is 1.67. The van der Waals surface area contributed by atoms with Gasteiger partial charge < -0.3 is 0 Å². The first-order valence-electron chi connectivity index (χ1n) is 9.57. The molecule has 0 spiro atoms. The largest absolute Gasteiger partial charge is 0.458 e. The van der Waals surface area contributed by atoms with Crippen molar-refractivity contribution in [3.63, 3.8) is 0 Å². The molecule has 0 amide bonds. The Labute approximate surface area is 178 Å². The number of alkyl halides is 6. The predicted molar refractivity (Wildman–Crippen MR) is 114 cm³/mol. The van der Waals surface area contributed by atoms with Crippen LogP contribution in [0, 0.1) is 11.8 Å². The van der Waals surface area contributed by atoms with Crippen LogP contribution in [0.1, 0.15) is 11.1 Å². The molecule has 0 saturated carbocycles. The Bertz CT molecular complexity index is 1590. The molecule has 0 nitrogen and oxygen atoms in total. The third kappa shape index (κ3) is 3.82. The molecule has 0 aliphatic heterocycles. The van der Waals surface area contributed by atoms with Crippen molar-refractivity contribution in [3.8, 4) is 11.8 Å².